The van der Waals surface area contributed by atoms with Gasteiger partial charge in [0.1, 0.15) is 0 Å². The van der Waals surface area contributed by atoms with Gasteiger partial charge in [0.05, 0.1) is 6.61 Å². The van der Waals surface area contributed by atoms with Gasteiger partial charge in [-0.25, -0.2) is 9.97 Å². The van der Waals surface area contributed by atoms with E-state index in [4.69, 9.17) is 4.74 Å². The molecule has 1 aromatic heterocycles. The lowest BCUT2D eigenvalue weighted by Gasteiger charge is -2.22. The van der Waals surface area contributed by atoms with Crippen LogP contribution in [0.3, 0.4) is 0 Å². The summed E-state index contributed by atoms with van der Waals surface area (Å²) in [6.45, 7) is 3.78. The second-order valence-electron chi connectivity index (χ2n) is 4.26. The van der Waals surface area contributed by atoms with E-state index in [0.717, 1.165) is 18.7 Å². The average Bonchev–Trinajstić information content (AvgIpc) is 2.30. The van der Waals surface area contributed by atoms with Crippen molar-refractivity contribution in [3.8, 4) is 6.01 Å². The van der Waals surface area contributed by atoms with Gasteiger partial charge in [0.25, 0.3) is 0 Å². The normalized spacial score (nSPS) is 20.7. The highest BCUT2D eigenvalue weighted by Gasteiger charge is 2.12. The molecule has 0 aliphatic carbocycles. The van der Waals surface area contributed by atoms with Crippen molar-refractivity contribution < 1.29 is 4.74 Å². The Morgan fingerprint density at radius 2 is 2.44 bits per heavy atom. The smallest absolute Gasteiger partial charge is 0.316 e. The molecule has 16 heavy (non-hydrogen) atoms. The second-order valence-corrected chi connectivity index (χ2v) is 4.26. The van der Waals surface area contributed by atoms with Crippen LogP contribution in [0.4, 0.5) is 0 Å². The van der Waals surface area contributed by atoms with Gasteiger partial charge >= 0.3 is 6.01 Å². The summed E-state index contributed by atoms with van der Waals surface area (Å²) in [7, 11) is 0. The Balaban J connectivity index is 1.71. The third-order valence-electron chi connectivity index (χ3n) is 2.88. The van der Waals surface area contributed by atoms with Crippen molar-refractivity contribution in [1.82, 2.24) is 15.3 Å². The lowest BCUT2D eigenvalue weighted by molar-refractivity contribution is 0.251. The van der Waals surface area contributed by atoms with Crippen LogP contribution in [-0.2, 0) is 0 Å². The standard InChI is InChI=1S/C12H19N3O/c1-10-5-8-14-12(15-10)16-9-6-11-4-2-3-7-13-11/h5,8,11,13H,2-4,6-7,9H2,1H3/t11-/m0/s1. The molecule has 1 fully saturated rings. The van der Waals surface area contributed by atoms with E-state index >= 15 is 0 Å². The predicted molar refractivity (Wildman–Crippen MR) is 62.5 cm³/mol. The maximum absolute atomic E-state index is 5.53. The number of hydrogen-bond acceptors (Lipinski definition) is 4. The van der Waals surface area contributed by atoms with Crippen molar-refractivity contribution in [3.05, 3.63) is 18.0 Å². The van der Waals surface area contributed by atoms with Crippen molar-refractivity contribution >= 4 is 0 Å². The summed E-state index contributed by atoms with van der Waals surface area (Å²) in [6.07, 6.45) is 6.67. The van der Waals surface area contributed by atoms with E-state index in [1.165, 1.54) is 19.3 Å². The van der Waals surface area contributed by atoms with Crippen LogP contribution in [0.2, 0.25) is 0 Å². The first-order valence-corrected chi connectivity index (χ1v) is 6.00. The molecule has 2 heterocycles. The summed E-state index contributed by atoms with van der Waals surface area (Å²) in [5.74, 6) is 0. The molecule has 1 saturated heterocycles. The van der Waals surface area contributed by atoms with E-state index in [9.17, 15) is 0 Å². The van der Waals surface area contributed by atoms with Crippen LogP contribution >= 0.6 is 0 Å². The van der Waals surface area contributed by atoms with Crippen LogP contribution in [0.5, 0.6) is 6.01 Å². The monoisotopic (exact) mass is 221 g/mol. The van der Waals surface area contributed by atoms with Crippen molar-refractivity contribution in [2.24, 2.45) is 0 Å². The number of aryl methyl sites for hydroxylation is 1. The molecule has 0 bridgehead atoms. The minimum Gasteiger partial charge on any atom is -0.463 e. The van der Waals surface area contributed by atoms with Gasteiger partial charge in [0.2, 0.25) is 0 Å². The van der Waals surface area contributed by atoms with Gasteiger partial charge in [-0.2, -0.15) is 0 Å². The molecule has 1 aromatic rings. The fourth-order valence-electron chi connectivity index (χ4n) is 1.96. The third kappa shape index (κ3) is 3.45. The van der Waals surface area contributed by atoms with E-state index in [1.54, 1.807) is 6.20 Å². The van der Waals surface area contributed by atoms with Crippen LogP contribution in [-0.4, -0.2) is 29.2 Å². The van der Waals surface area contributed by atoms with E-state index < -0.39 is 0 Å². The maximum Gasteiger partial charge on any atom is 0.316 e. The molecule has 4 heteroatoms. The van der Waals surface area contributed by atoms with Crippen LogP contribution in [0.25, 0.3) is 0 Å². The summed E-state index contributed by atoms with van der Waals surface area (Å²) in [5.41, 5.74) is 0.945. The molecule has 0 unspecified atom stereocenters. The number of nitrogens with one attached hydrogen (secondary N) is 1. The van der Waals surface area contributed by atoms with Crippen molar-refractivity contribution in [3.63, 3.8) is 0 Å². The topological polar surface area (TPSA) is 47.0 Å². The third-order valence-corrected chi connectivity index (χ3v) is 2.88. The Morgan fingerprint density at radius 3 is 3.19 bits per heavy atom. The zero-order valence-corrected chi connectivity index (χ0v) is 9.78. The van der Waals surface area contributed by atoms with Gasteiger partial charge in [-0.15, -0.1) is 0 Å². The van der Waals surface area contributed by atoms with Crippen molar-refractivity contribution in [1.29, 1.82) is 0 Å². The molecule has 88 valence electrons. The molecule has 1 atom stereocenters. The summed E-state index contributed by atoms with van der Waals surface area (Å²) < 4.78 is 5.53. The number of hydrogen-bond donors (Lipinski definition) is 1. The van der Waals surface area contributed by atoms with Crippen LogP contribution in [0.15, 0.2) is 12.3 Å². The van der Waals surface area contributed by atoms with Gasteiger partial charge in [0.15, 0.2) is 0 Å². The molecule has 1 aliphatic heterocycles. The molecule has 0 saturated carbocycles. The minimum atomic E-state index is 0.496. The molecule has 0 spiro atoms. The predicted octanol–water partition coefficient (Wildman–Crippen LogP) is 1.70. The zero-order valence-electron chi connectivity index (χ0n) is 9.78. The molecular formula is C12H19N3O. The largest absolute Gasteiger partial charge is 0.463 e. The van der Waals surface area contributed by atoms with Crippen LogP contribution in [0.1, 0.15) is 31.4 Å². The number of ether oxygens (including phenoxy) is 1. The van der Waals surface area contributed by atoms with Crippen molar-refractivity contribution in [2.45, 2.75) is 38.6 Å². The highest BCUT2D eigenvalue weighted by atomic mass is 16.5. The van der Waals surface area contributed by atoms with Crippen molar-refractivity contribution in [2.75, 3.05) is 13.2 Å². The van der Waals surface area contributed by atoms with E-state index in [2.05, 4.69) is 15.3 Å². The fourth-order valence-corrected chi connectivity index (χ4v) is 1.96. The Labute approximate surface area is 96.4 Å². The first kappa shape index (κ1) is 11.3. The minimum absolute atomic E-state index is 0.496. The quantitative estimate of drug-likeness (QED) is 0.840. The lowest BCUT2D eigenvalue weighted by Crippen LogP contribution is -2.35. The van der Waals surface area contributed by atoms with Gasteiger partial charge in [-0.05, 0) is 38.8 Å². The Morgan fingerprint density at radius 1 is 1.50 bits per heavy atom. The second kappa shape index (κ2) is 5.80. The van der Waals surface area contributed by atoms with Gasteiger partial charge < -0.3 is 10.1 Å². The highest BCUT2D eigenvalue weighted by molar-refractivity contribution is 5.02. The number of aromatic nitrogens is 2. The summed E-state index contributed by atoms with van der Waals surface area (Å²) in [6, 6.07) is 2.98. The first-order valence-electron chi connectivity index (χ1n) is 6.00. The average molecular weight is 221 g/mol. The highest BCUT2D eigenvalue weighted by Crippen LogP contribution is 2.10. The first-order chi connectivity index (χ1) is 7.84. The molecule has 4 nitrogen and oxygen atoms in total. The van der Waals surface area contributed by atoms with E-state index in [0.29, 0.717) is 18.7 Å². The van der Waals surface area contributed by atoms with Gasteiger partial charge in [-0.1, -0.05) is 6.42 Å². The number of nitrogens with zero attached hydrogens (tertiary/aromatic N) is 2. The lowest BCUT2D eigenvalue weighted by atomic mass is 10.0. The van der Waals surface area contributed by atoms with Gasteiger partial charge in [-0.3, -0.25) is 0 Å². The summed E-state index contributed by atoms with van der Waals surface area (Å²) in [5, 5.41) is 3.50. The van der Waals surface area contributed by atoms with E-state index in [-0.39, 0.29) is 0 Å². The zero-order chi connectivity index (χ0) is 11.2. The fraction of sp³-hybridized carbons (Fsp3) is 0.667. The van der Waals surface area contributed by atoms with Crippen LogP contribution < -0.4 is 10.1 Å². The number of rotatable bonds is 4. The Kier molecular flexibility index (Phi) is 4.10. The Hall–Kier alpha value is -1.16. The molecule has 0 radical (unpaired) electrons. The number of piperidine rings is 1. The summed E-state index contributed by atoms with van der Waals surface area (Å²) >= 11 is 0. The maximum atomic E-state index is 5.53. The van der Waals surface area contributed by atoms with E-state index in [1.807, 2.05) is 13.0 Å². The van der Waals surface area contributed by atoms with Gasteiger partial charge in [0, 0.05) is 17.9 Å². The Bertz CT molecular complexity index is 324. The molecule has 2 rings (SSSR count). The molecule has 0 amide bonds. The molecule has 1 N–H and O–H groups in total. The summed E-state index contributed by atoms with van der Waals surface area (Å²) in [4.78, 5) is 8.27. The SMILES string of the molecule is Cc1ccnc(OCC[C@@H]2CCCCN2)n1. The molecular weight excluding hydrogens is 202 g/mol. The molecule has 1 aliphatic rings. The van der Waals surface area contributed by atoms with Crippen LogP contribution in [0, 0.1) is 6.92 Å². The molecule has 0 aromatic carbocycles.